The summed E-state index contributed by atoms with van der Waals surface area (Å²) >= 11 is 17.3. The number of hydrogen-bond acceptors (Lipinski definition) is 3. The Kier molecular flexibility index (Phi) is 7.64. The van der Waals surface area contributed by atoms with Crippen LogP contribution in [0.3, 0.4) is 0 Å². The molecule has 1 rings (SSSR count). The molecule has 0 saturated carbocycles. The lowest BCUT2D eigenvalue weighted by Crippen LogP contribution is -2.30. The molecule has 6 heteroatoms. The minimum absolute atomic E-state index is 0.507. The zero-order chi connectivity index (χ0) is 14.3. The molecule has 0 fully saturated rings. The van der Waals surface area contributed by atoms with Crippen LogP contribution in [0, 0.1) is 0 Å². The average Bonchev–Trinajstić information content (AvgIpc) is 2.36. The Bertz CT molecular complexity index is 409. The van der Waals surface area contributed by atoms with Crippen molar-refractivity contribution in [2.24, 2.45) is 5.73 Å². The van der Waals surface area contributed by atoms with E-state index in [1.807, 2.05) is 18.2 Å². The van der Waals surface area contributed by atoms with Crippen molar-refractivity contribution in [1.29, 1.82) is 0 Å². The van der Waals surface area contributed by atoms with Gasteiger partial charge in [0.05, 0.1) is 11.6 Å². The predicted octanol–water partition coefficient (Wildman–Crippen LogP) is 3.12. The summed E-state index contributed by atoms with van der Waals surface area (Å²) in [5.41, 5.74) is 6.47. The van der Waals surface area contributed by atoms with Gasteiger partial charge in [-0.2, -0.15) is 0 Å². The van der Waals surface area contributed by atoms with Crippen molar-refractivity contribution in [1.82, 2.24) is 4.90 Å². The molecule has 0 spiro atoms. The number of hydrogen-bond donors (Lipinski definition) is 1. The van der Waals surface area contributed by atoms with Crippen LogP contribution in [-0.4, -0.2) is 36.7 Å². The van der Waals surface area contributed by atoms with Gasteiger partial charge in [-0.25, -0.2) is 0 Å². The van der Waals surface area contributed by atoms with Gasteiger partial charge in [-0.05, 0) is 12.1 Å². The number of nitrogens with zero attached hydrogens (tertiary/aromatic N) is 1. The van der Waals surface area contributed by atoms with E-state index in [1.54, 1.807) is 7.11 Å². The Morgan fingerprint density at radius 2 is 1.95 bits per heavy atom. The summed E-state index contributed by atoms with van der Waals surface area (Å²) in [6.45, 7) is 2.84. The first-order valence-corrected chi connectivity index (χ1v) is 7.13. The molecule has 0 aliphatic rings. The zero-order valence-corrected chi connectivity index (χ0v) is 13.2. The summed E-state index contributed by atoms with van der Waals surface area (Å²) in [5.74, 6) is 0. The quantitative estimate of drug-likeness (QED) is 0.747. The molecule has 0 unspecified atom stereocenters. The van der Waals surface area contributed by atoms with Gasteiger partial charge in [0.1, 0.15) is 0 Å². The van der Waals surface area contributed by atoms with E-state index in [0.29, 0.717) is 34.6 Å². The fourth-order valence-electron chi connectivity index (χ4n) is 1.67. The third kappa shape index (κ3) is 6.06. The van der Waals surface area contributed by atoms with Gasteiger partial charge in [0.15, 0.2) is 0 Å². The molecule has 106 valence electrons. The normalized spacial score (nSPS) is 10.9. The molecule has 0 aromatic heterocycles. The first-order chi connectivity index (χ1) is 9.04. The third-order valence-corrected chi connectivity index (χ3v) is 3.64. The van der Waals surface area contributed by atoms with Crippen molar-refractivity contribution in [2.75, 3.05) is 26.8 Å². The van der Waals surface area contributed by atoms with E-state index < -0.39 is 0 Å². The van der Waals surface area contributed by atoms with E-state index in [1.165, 1.54) is 0 Å². The molecule has 0 aliphatic carbocycles. The summed E-state index contributed by atoms with van der Waals surface area (Å²) in [6.07, 6.45) is 0.668. The van der Waals surface area contributed by atoms with Crippen LogP contribution in [0.5, 0.6) is 0 Å². The Labute approximate surface area is 129 Å². The van der Waals surface area contributed by atoms with Crippen LogP contribution >= 0.6 is 35.4 Å². The maximum atomic E-state index is 6.18. The Balaban J connectivity index is 2.72. The van der Waals surface area contributed by atoms with E-state index in [0.717, 1.165) is 18.7 Å². The molecule has 19 heavy (non-hydrogen) atoms. The van der Waals surface area contributed by atoms with E-state index in [9.17, 15) is 0 Å². The maximum absolute atomic E-state index is 6.18. The zero-order valence-electron chi connectivity index (χ0n) is 10.9. The first-order valence-electron chi connectivity index (χ1n) is 5.97. The molecule has 2 N–H and O–H groups in total. The Morgan fingerprint density at radius 1 is 1.32 bits per heavy atom. The molecular formula is C13H18Cl2N2OS. The molecule has 1 aromatic rings. The van der Waals surface area contributed by atoms with E-state index >= 15 is 0 Å². The van der Waals surface area contributed by atoms with Gasteiger partial charge in [-0.3, -0.25) is 4.90 Å². The average molecular weight is 321 g/mol. The smallest absolute Gasteiger partial charge is 0.0740 e. The lowest BCUT2D eigenvalue weighted by molar-refractivity contribution is 0.146. The Hall–Kier alpha value is -0.390. The van der Waals surface area contributed by atoms with Gasteiger partial charge in [0.25, 0.3) is 0 Å². The number of nitrogens with two attached hydrogens (primary N) is 1. The van der Waals surface area contributed by atoms with E-state index in [4.69, 9.17) is 45.9 Å². The minimum atomic E-state index is 0.507. The lowest BCUT2D eigenvalue weighted by atomic mass is 10.2. The van der Waals surface area contributed by atoms with Gasteiger partial charge >= 0.3 is 0 Å². The fourth-order valence-corrected chi connectivity index (χ4v) is 2.27. The number of ether oxygens (including phenoxy) is 1. The third-order valence-electron chi connectivity index (χ3n) is 2.73. The summed E-state index contributed by atoms with van der Waals surface area (Å²) < 4.78 is 5.11. The number of halogens is 2. The molecule has 0 radical (unpaired) electrons. The van der Waals surface area contributed by atoms with Crippen LogP contribution in [-0.2, 0) is 11.3 Å². The molecule has 0 bridgehead atoms. The predicted molar refractivity (Wildman–Crippen MR) is 85.0 cm³/mol. The van der Waals surface area contributed by atoms with Gasteiger partial charge < -0.3 is 10.5 Å². The molecule has 3 nitrogen and oxygen atoms in total. The lowest BCUT2D eigenvalue weighted by Gasteiger charge is -2.23. The highest BCUT2D eigenvalue weighted by Gasteiger charge is 2.11. The summed E-state index contributed by atoms with van der Waals surface area (Å²) in [4.78, 5) is 2.68. The minimum Gasteiger partial charge on any atom is -0.393 e. The highest BCUT2D eigenvalue weighted by Crippen LogP contribution is 2.25. The number of benzene rings is 1. The second-order valence-electron chi connectivity index (χ2n) is 4.19. The SMILES string of the molecule is COCCN(CCC(N)=S)Cc1c(Cl)cccc1Cl. The van der Waals surface area contributed by atoms with Crippen molar-refractivity contribution >= 4 is 40.4 Å². The van der Waals surface area contributed by atoms with Crippen LogP contribution in [0.25, 0.3) is 0 Å². The Morgan fingerprint density at radius 3 is 2.47 bits per heavy atom. The van der Waals surface area contributed by atoms with Crippen LogP contribution in [0.4, 0.5) is 0 Å². The number of methoxy groups -OCH3 is 1. The largest absolute Gasteiger partial charge is 0.393 e. The van der Waals surface area contributed by atoms with Gasteiger partial charge in [-0.1, -0.05) is 41.5 Å². The maximum Gasteiger partial charge on any atom is 0.0740 e. The van der Waals surface area contributed by atoms with Crippen molar-refractivity contribution in [3.8, 4) is 0 Å². The standard InChI is InChI=1S/C13H18Cl2N2OS/c1-18-8-7-17(6-5-13(16)19)9-10-11(14)3-2-4-12(10)15/h2-4H,5-9H2,1H3,(H2,16,19). The van der Waals surface area contributed by atoms with Crippen LogP contribution in [0.15, 0.2) is 18.2 Å². The highest BCUT2D eigenvalue weighted by atomic mass is 35.5. The van der Waals surface area contributed by atoms with Gasteiger partial charge in [-0.15, -0.1) is 0 Å². The number of thiocarbonyl (C=S) groups is 1. The van der Waals surface area contributed by atoms with Crippen molar-refractivity contribution in [3.05, 3.63) is 33.8 Å². The molecule has 1 aromatic carbocycles. The second kappa shape index (κ2) is 8.72. The monoisotopic (exact) mass is 320 g/mol. The molecule has 0 atom stereocenters. The van der Waals surface area contributed by atoms with E-state index in [-0.39, 0.29) is 0 Å². The van der Waals surface area contributed by atoms with Gasteiger partial charge in [0.2, 0.25) is 0 Å². The summed E-state index contributed by atoms with van der Waals surface area (Å²) in [5, 5.41) is 1.34. The van der Waals surface area contributed by atoms with Gasteiger partial charge in [0, 0.05) is 48.8 Å². The van der Waals surface area contributed by atoms with Crippen LogP contribution < -0.4 is 5.73 Å². The molecule has 0 amide bonds. The first kappa shape index (κ1) is 16.7. The molecular weight excluding hydrogens is 303 g/mol. The van der Waals surface area contributed by atoms with E-state index in [2.05, 4.69) is 4.90 Å². The van der Waals surface area contributed by atoms with Crippen molar-refractivity contribution in [3.63, 3.8) is 0 Å². The van der Waals surface area contributed by atoms with Crippen LogP contribution in [0.1, 0.15) is 12.0 Å². The highest BCUT2D eigenvalue weighted by molar-refractivity contribution is 7.80. The number of rotatable bonds is 8. The summed E-state index contributed by atoms with van der Waals surface area (Å²) in [6, 6.07) is 5.51. The second-order valence-corrected chi connectivity index (χ2v) is 5.52. The summed E-state index contributed by atoms with van der Waals surface area (Å²) in [7, 11) is 1.67. The topological polar surface area (TPSA) is 38.5 Å². The van der Waals surface area contributed by atoms with Crippen molar-refractivity contribution < 1.29 is 4.74 Å². The molecule has 0 aliphatic heterocycles. The van der Waals surface area contributed by atoms with Crippen molar-refractivity contribution in [2.45, 2.75) is 13.0 Å². The molecule has 0 saturated heterocycles. The van der Waals surface area contributed by atoms with Crippen LogP contribution in [0.2, 0.25) is 10.0 Å². The fraction of sp³-hybridized carbons (Fsp3) is 0.462. The molecule has 0 heterocycles.